The van der Waals surface area contributed by atoms with Crippen molar-refractivity contribution < 1.29 is 0 Å². The molecule has 0 aromatic rings. The number of nitrogens with zero attached hydrogens (tertiary/aromatic N) is 1. The molecule has 0 bridgehead atoms. The molecule has 0 aromatic carbocycles. The molecule has 1 aliphatic carbocycles. The predicted octanol–water partition coefficient (Wildman–Crippen LogP) is 3.75. The Labute approximate surface area is 82.1 Å². The molecule has 1 fully saturated rings. The van der Waals surface area contributed by atoms with E-state index in [0.29, 0.717) is 11.3 Å². The summed E-state index contributed by atoms with van der Waals surface area (Å²) < 4.78 is 0. The highest BCUT2D eigenvalue weighted by atomic mass is 14.4. The van der Waals surface area contributed by atoms with Crippen LogP contribution < -0.4 is 0 Å². The number of hydrogen-bond donors (Lipinski definition) is 0. The lowest BCUT2D eigenvalue weighted by molar-refractivity contribution is 0.163. The van der Waals surface area contributed by atoms with Gasteiger partial charge in [0.15, 0.2) is 0 Å². The molecule has 1 aliphatic rings. The first-order valence-electron chi connectivity index (χ1n) is 5.42. The van der Waals surface area contributed by atoms with Crippen LogP contribution >= 0.6 is 0 Å². The van der Waals surface area contributed by atoms with Crippen molar-refractivity contribution in [3.05, 3.63) is 0 Å². The average molecular weight is 179 g/mol. The van der Waals surface area contributed by atoms with Gasteiger partial charge in [-0.05, 0) is 17.3 Å². The highest BCUT2D eigenvalue weighted by Crippen LogP contribution is 2.42. The molecule has 0 N–H and O–H groups in total. The van der Waals surface area contributed by atoms with Gasteiger partial charge in [-0.25, -0.2) is 0 Å². The van der Waals surface area contributed by atoms with Crippen molar-refractivity contribution in [3.63, 3.8) is 0 Å². The van der Waals surface area contributed by atoms with Crippen molar-refractivity contribution in [2.24, 2.45) is 17.3 Å². The summed E-state index contributed by atoms with van der Waals surface area (Å²) in [5, 5.41) is 8.81. The van der Waals surface area contributed by atoms with E-state index in [1.165, 1.54) is 25.7 Å². The number of hydrogen-bond acceptors (Lipinski definition) is 1. The number of nitriles is 1. The standard InChI is InChI=1S/C12H21N/c1-12(2,3)11(8-9-13)10-6-4-5-7-10/h10-11H,4-8H2,1-3H3/t11-/m1/s1. The lowest BCUT2D eigenvalue weighted by Crippen LogP contribution is -2.26. The van der Waals surface area contributed by atoms with Crippen molar-refractivity contribution >= 4 is 0 Å². The maximum Gasteiger partial charge on any atom is 0.0624 e. The van der Waals surface area contributed by atoms with E-state index in [-0.39, 0.29) is 0 Å². The molecule has 74 valence electrons. The maximum absolute atomic E-state index is 8.81. The van der Waals surface area contributed by atoms with Gasteiger partial charge in [-0.15, -0.1) is 0 Å². The molecule has 1 heteroatoms. The van der Waals surface area contributed by atoms with E-state index in [1.54, 1.807) is 0 Å². The molecule has 0 aromatic heterocycles. The van der Waals surface area contributed by atoms with E-state index < -0.39 is 0 Å². The van der Waals surface area contributed by atoms with Crippen LogP contribution in [0.5, 0.6) is 0 Å². The molecule has 0 spiro atoms. The highest BCUT2D eigenvalue weighted by Gasteiger charge is 2.33. The van der Waals surface area contributed by atoms with E-state index in [9.17, 15) is 0 Å². The predicted molar refractivity (Wildman–Crippen MR) is 55.1 cm³/mol. The summed E-state index contributed by atoms with van der Waals surface area (Å²) in [6.45, 7) is 6.81. The quantitative estimate of drug-likeness (QED) is 0.633. The second-order valence-electron chi connectivity index (χ2n) is 5.38. The van der Waals surface area contributed by atoms with Crippen molar-refractivity contribution in [2.75, 3.05) is 0 Å². The zero-order chi connectivity index (χ0) is 9.90. The summed E-state index contributed by atoms with van der Waals surface area (Å²) in [7, 11) is 0. The lowest BCUT2D eigenvalue weighted by atomic mass is 9.71. The van der Waals surface area contributed by atoms with Crippen LogP contribution in [0.3, 0.4) is 0 Å². The molecule has 0 saturated heterocycles. The SMILES string of the molecule is CC(C)(C)[C@H](CC#N)C1CCCC1. The van der Waals surface area contributed by atoms with E-state index >= 15 is 0 Å². The first-order valence-corrected chi connectivity index (χ1v) is 5.42. The van der Waals surface area contributed by atoms with Crippen molar-refractivity contribution in [2.45, 2.75) is 52.9 Å². The minimum atomic E-state index is 0.310. The Morgan fingerprint density at radius 2 is 1.85 bits per heavy atom. The zero-order valence-electron chi connectivity index (χ0n) is 9.14. The third-order valence-corrected chi connectivity index (χ3v) is 3.39. The van der Waals surface area contributed by atoms with Gasteiger partial charge in [0.2, 0.25) is 0 Å². The monoisotopic (exact) mass is 179 g/mol. The third kappa shape index (κ3) is 2.72. The van der Waals surface area contributed by atoms with Gasteiger partial charge >= 0.3 is 0 Å². The maximum atomic E-state index is 8.81. The first kappa shape index (κ1) is 10.6. The zero-order valence-corrected chi connectivity index (χ0v) is 9.14. The van der Waals surface area contributed by atoms with Crippen LogP contribution in [0.4, 0.5) is 0 Å². The minimum absolute atomic E-state index is 0.310. The van der Waals surface area contributed by atoms with Gasteiger partial charge in [0.05, 0.1) is 6.07 Å². The molecular weight excluding hydrogens is 158 g/mol. The fraction of sp³-hybridized carbons (Fsp3) is 0.917. The minimum Gasteiger partial charge on any atom is -0.198 e. The molecule has 13 heavy (non-hydrogen) atoms. The summed E-state index contributed by atoms with van der Waals surface area (Å²) in [5.74, 6) is 1.43. The van der Waals surface area contributed by atoms with Crippen LogP contribution in [0.15, 0.2) is 0 Å². The smallest absolute Gasteiger partial charge is 0.0624 e. The average Bonchev–Trinajstić information content (AvgIpc) is 2.49. The summed E-state index contributed by atoms with van der Waals surface area (Å²) >= 11 is 0. The summed E-state index contributed by atoms with van der Waals surface area (Å²) in [5.41, 5.74) is 0.310. The van der Waals surface area contributed by atoms with Crippen LogP contribution in [0, 0.1) is 28.6 Å². The van der Waals surface area contributed by atoms with Crippen LogP contribution in [0.2, 0.25) is 0 Å². The topological polar surface area (TPSA) is 23.8 Å². The molecule has 0 amide bonds. The molecule has 0 unspecified atom stereocenters. The number of rotatable bonds is 2. The van der Waals surface area contributed by atoms with Crippen molar-refractivity contribution in [3.8, 4) is 6.07 Å². The molecule has 1 nitrogen and oxygen atoms in total. The molecule has 0 aliphatic heterocycles. The van der Waals surface area contributed by atoms with Crippen LogP contribution in [0.1, 0.15) is 52.9 Å². The molecule has 0 heterocycles. The fourth-order valence-corrected chi connectivity index (χ4v) is 2.64. The summed E-state index contributed by atoms with van der Waals surface area (Å²) in [6.07, 6.45) is 6.20. The Bertz CT molecular complexity index is 188. The third-order valence-electron chi connectivity index (χ3n) is 3.39. The molecule has 0 radical (unpaired) electrons. The van der Waals surface area contributed by atoms with Gasteiger partial charge in [0.1, 0.15) is 0 Å². The van der Waals surface area contributed by atoms with Gasteiger partial charge in [-0.2, -0.15) is 5.26 Å². The molecule has 1 saturated carbocycles. The van der Waals surface area contributed by atoms with Crippen LogP contribution in [-0.4, -0.2) is 0 Å². The summed E-state index contributed by atoms with van der Waals surface area (Å²) in [4.78, 5) is 0. The Kier molecular flexibility index (Phi) is 3.36. The second-order valence-corrected chi connectivity index (χ2v) is 5.38. The molecule has 1 atom stereocenters. The van der Waals surface area contributed by atoms with Crippen molar-refractivity contribution in [1.82, 2.24) is 0 Å². The van der Waals surface area contributed by atoms with E-state index in [0.717, 1.165) is 12.3 Å². The van der Waals surface area contributed by atoms with E-state index in [1.807, 2.05) is 0 Å². The van der Waals surface area contributed by atoms with E-state index in [4.69, 9.17) is 5.26 Å². The largest absolute Gasteiger partial charge is 0.198 e. The Morgan fingerprint density at radius 1 is 1.31 bits per heavy atom. The van der Waals surface area contributed by atoms with Crippen LogP contribution in [0.25, 0.3) is 0 Å². The Morgan fingerprint density at radius 3 is 2.23 bits per heavy atom. The second kappa shape index (κ2) is 4.13. The fourth-order valence-electron chi connectivity index (χ4n) is 2.64. The Balaban J connectivity index is 2.62. The lowest BCUT2D eigenvalue weighted by Gasteiger charge is -2.33. The normalized spacial score (nSPS) is 21.4. The van der Waals surface area contributed by atoms with Gasteiger partial charge in [0, 0.05) is 6.42 Å². The summed E-state index contributed by atoms with van der Waals surface area (Å²) in [6, 6.07) is 2.35. The Hall–Kier alpha value is -0.510. The first-order chi connectivity index (χ1) is 6.05. The van der Waals surface area contributed by atoms with Gasteiger partial charge < -0.3 is 0 Å². The van der Waals surface area contributed by atoms with Crippen LogP contribution in [-0.2, 0) is 0 Å². The van der Waals surface area contributed by atoms with Gasteiger partial charge in [-0.1, -0.05) is 46.5 Å². The molecular formula is C12H21N. The highest BCUT2D eigenvalue weighted by molar-refractivity contribution is 4.89. The van der Waals surface area contributed by atoms with Crippen molar-refractivity contribution in [1.29, 1.82) is 5.26 Å². The molecule has 1 rings (SSSR count). The van der Waals surface area contributed by atoms with E-state index in [2.05, 4.69) is 26.8 Å². The van der Waals surface area contributed by atoms with Gasteiger partial charge in [-0.3, -0.25) is 0 Å². The van der Waals surface area contributed by atoms with Gasteiger partial charge in [0.25, 0.3) is 0 Å².